The summed E-state index contributed by atoms with van der Waals surface area (Å²) in [6.07, 6.45) is 8.80. The van der Waals surface area contributed by atoms with Gasteiger partial charge in [0.25, 0.3) is 5.69 Å². The molecule has 0 spiro atoms. The summed E-state index contributed by atoms with van der Waals surface area (Å²) in [7, 11) is 0. The van der Waals surface area contributed by atoms with Crippen molar-refractivity contribution in [3.8, 4) is 35.2 Å². The number of rotatable bonds is 8. The Morgan fingerprint density at radius 3 is 2.54 bits per heavy atom. The van der Waals surface area contributed by atoms with Crippen molar-refractivity contribution >= 4 is 17.3 Å². The Morgan fingerprint density at radius 2 is 1.82 bits per heavy atom. The van der Waals surface area contributed by atoms with Gasteiger partial charge >= 0.3 is 0 Å². The van der Waals surface area contributed by atoms with Gasteiger partial charge in [0, 0.05) is 35.1 Å². The maximum Gasteiger partial charge on any atom is 0.274 e. The van der Waals surface area contributed by atoms with Gasteiger partial charge in [0.2, 0.25) is 11.8 Å². The third-order valence-corrected chi connectivity index (χ3v) is 5.96. The number of ether oxygens (including phenoxy) is 1. The molecule has 1 N–H and O–H groups in total. The average molecular weight is 518 g/mol. The fourth-order valence-electron chi connectivity index (χ4n) is 4.11. The van der Waals surface area contributed by atoms with Crippen LogP contribution in [0.2, 0.25) is 0 Å². The third-order valence-electron chi connectivity index (χ3n) is 5.96. The van der Waals surface area contributed by atoms with Gasteiger partial charge in [-0.1, -0.05) is 29.3 Å². The molecule has 0 aliphatic carbocycles. The molecule has 5 rings (SSSR count). The second kappa shape index (κ2) is 10.8. The summed E-state index contributed by atoms with van der Waals surface area (Å²) in [4.78, 5) is 19.7. The Bertz CT molecular complexity index is 1680. The zero-order chi connectivity index (χ0) is 27.4. The van der Waals surface area contributed by atoms with E-state index >= 15 is 0 Å². The van der Waals surface area contributed by atoms with Crippen LogP contribution in [0.4, 0.5) is 17.3 Å². The van der Waals surface area contributed by atoms with E-state index in [4.69, 9.17) is 11.2 Å². The summed E-state index contributed by atoms with van der Waals surface area (Å²) in [5.74, 6) is 4.04. The van der Waals surface area contributed by atoms with Gasteiger partial charge in [0.15, 0.2) is 0 Å². The van der Waals surface area contributed by atoms with Crippen LogP contribution in [0.25, 0.3) is 11.3 Å². The number of benzene rings is 3. The molecule has 10 nitrogen and oxygen atoms in total. The highest BCUT2D eigenvalue weighted by Gasteiger charge is 2.15. The number of terminal acetylenes is 1. The van der Waals surface area contributed by atoms with Gasteiger partial charge < -0.3 is 10.1 Å². The second-order valence-electron chi connectivity index (χ2n) is 8.79. The molecule has 192 valence electrons. The third kappa shape index (κ3) is 5.73. The Hall–Kier alpha value is -5.56. The number of nitro groups is 1. The molecule has 2 heterocycles. The minimum atomic E-state index is -0.396. The van der Waals surface area contributed by atoms with E-state index in [9.17, 15) is 10.1 Å². The molecule has 10 heteroatoms. The predicted octanol–water partition coefficient (Wildman–Crippen LogP) is 5.83. The zero-order valence-corrected chi connectivity index (χ0v) is 21.2. The maximum absolute atomic E-state index is 11.3. The molecule has 0 aliphatic heterocycles. The molecule has 0 aliphatic rings. The second-order valence-corrected chi connectivity index (χ2v) is 8.79. The van der Waals surface area contributed by atoms with E-state index in [0.717, 1.165) is 27.9 Å². The summed E-state index contributed by atoms with van der Waals surface area (Å²) in [6, 6.07) is 19.6. The first-order valence-electron chi connectivity index (χ1n) is 12.0. The van der Waals surface area contributed by atoms with Gasteiger partial charge in [-0.3, -0.25) is 10.1 Å². The first-order valence-corrected chi connectivity index (χ1v) is 12.0. The van der Waals surface area contributed by atoms with Crippen molar-refractivity contribution < 1.29 is 9.66 Å². The number of nitrogens with zero attached hydrogens (tertiary/aromatic N) is 6. The lowest BCUT2D eigenvalue weighted by atomic mass is 10.0. The van der Waals surface area contributed by atoms with E-state index in [-0.39, 0.29) is 12.2 Å². The maximum atomic E-state index is 11.3. The molecule has 2 aromatic heterocycles. The Kier molecular flexibility index (Phi) is 6.96. The number of aryl methyl sites for hydroxylation is 2. The van der Waals surface area contributed by atoms with Crippen molar-refractivity contribution in [2.45, 2.75) is 20.4 Å². The topological polar surface area (TPSA) is 121 Å². The quantitative estimate of drug-likeness (QED) is 0.155. The van der Waals surface area contributed by atoms with Gasteiger partial charge in [0.05, 0.1) is 23.2 Å². The van der Waals surface area contributed by atoms with E-state index in [1.54, 1.807) is 41.3 Å². The summed E-state index contributed by atoms with van der Waals surface area (Å²) in [6.45, 7) is 4.12. The summed E-state index contributed by atoms with van der Waals surface area (Å²) in [5.41, 5.74) is 5.47. The summed E-state index contributed by atoms with van der Waals surface area (Å²) in [5, 5.41) is 22.9. The lowest BCUT2D eigenvalue weighted by Crippen LogP contribution is -2.03. The number of anilines is 2. The summed E-state index contributed by atoms with van der Waals surface area (Å²) < 4.78 is 7.73. The predicted molar refractivity (Wildman–Crippen MR) is 147 cm³/mol. The summed E-state index contributed by atoms with van der Waals surface area (Å²) >= 11 is 0. The first-order chi connectivity index (χ1) is 18.9. The van der Waals surface area contributed by atoms with E-state index in [1.165, 1.54) is 6.07 Å². The van der Waals surface area contributed by atoms with Crippen molar-refractivity contribution in [2.24, 2.45) is 0 Å². The van der Waals surface area contributed by atoms with Gasteiger partial charge in [-0.2, -0.15) is 4.98 Å². The smallest absolute Gasteiger partial charge is 0.274 e. The Balaban J connectivity index is 1.32. The highest BCUT2D eigenvalue weighted by molar-refractivity contribution is 5.64. The van der Waals surface area contributed by atoms with E-state index in [2.05, 4.69) is 31.5 Å². The Labute approximate surface area is 224 Å². The molecule has 3 aromatic carbocycles. The van der Waals surface area contributed by atoms with Crippen molar-refractivity contribution in [2.75, 3.05) is 5.32 Å². The highest BCUT2D eigenvalue weighted by atomic mass is 16.6. The number of hydrogen-bond acceptors (Lipinski definition) is 8. The Morgan fingerprint density at radius 1 is 1.08 bits per heavy atom. The van der Waals surface area contributed by atoms with Crippen molar-refractivity contribution in [3.63, 3.8) is 0 Å². The van der Waals surface area contributed by atoms with Gasteiger partial charge in [-0.15, -0.1) is 11.5 Å². The number of nitro benzene ring substituents is 1. The van der Waals surface area contributed by atoms with Crippen molar-refractivity contribution in [1.82, 2.24) is 25.0 Å². The fraction of sp³-hybridized carbons (Fsp3) is 0.103. The SMILES string of the molecule is C#Cc1ccc(Nc2nccc(Oc3c(C)cc(-c4cn(Cc5ccccc5[N+](=O)[O-])nn4)cc3C)n2)cc1. The van der Waals surface area contributed by atoms with Crippen LogP contribution in [0.5, 0.6) is 11.6 Å². The molecule has 0 saturated heterocycles. The first kappa shape index (κ1) is 25.1. The number of aromatic nitrogens is 5. The van der Waals surface area contributed by atoms with Crippen LogP contribution < -0.4 is 10.1 Å². The average Bonchev–Trinajstić information content (AvgIpc) is 3.40. The normalized spacial score (nSPS) is 10.6. The van der Waals surface area contributed by atoms with Crippen LogP contribution >= 0.6 is 0 Å². The van der Waals surface area contributed by atoms with Crippen molar-refractivity contribution in [1.29, 1.82) is 0 Å². The van der Waals surface area contributed by atoms with Crippen LogP contribution in [-0.2, 0) is 6.54 Å². The number of hydrogen-bond donors (Lipinski definition) is 1. The molecule has 0 amide bonds. The standard InChI is InChI=1S/C29H23N7O3/c1-4-21-9-11-24(12-10-21)31-29-30-14-13-27(32-29)39-28-19(2)15-23(16-20(28)3)25-18-35(34-33-25)17-22-7-5-6-8-26(22)36(37)38/h1,5-16,18H,17H2,2-3H3,(H,30,31,32). The van der Waals surface area contributed by atoms with Crippen LogP contribution in [0, 0.1) is 36.3 Å². The van der Waals surface area contributed by atoms with Gasteiger partial charge in [-0.05, 0) is 61.4 Å². The fourth-order valence-corrected chi connectivity index (χ4v) is 4.11. The molecule has 5 aromatic rings. The molecular weight excluding hydrogens is 494 g/mol. The van der Waals surface area contributed by atoms with Crippen LogP contribution in [0.3, 0.4) is 0 Å². The molecule has 0 fully saturated rings. The van der Waals surface area contributed by atoms with E-state index in [1.807, 2.05) is 50.2 Å². The molecule has 0 saturated carbocycles. The number of para-hydroxylation sites is 1. The minimum Gasteiger partial charge on any atom is -0.438 e. The molecule has 0 radical (unpaired) electrons. The van der Waals surface area contributed by atoms with Crippen LogP contribution in [0.15, 0.2) is 79.1 Å². The minimum absolute atomic E-state index is 0.0487. The van der Waals surface area contributed by atoms with E-state index in [0.29, 0.717) is 28.8 Å². The molecule has 39 heavy (non-hydrogen) atoms. The largest absolute Gasteiger partial charge is 0.438 e. The van der Waals surface area contributed by atoms with Crippen LogP contribution in [0.1, 0.15) is 22.3 Å². The molecular formula is C29H23N7O3. The zero-order valence-electron chi connectivity index (χ0n) is 21.2. The highest BCUT2D eigenvalue weighted by Crippen LogP contribution is 2.32. The lowest BCUT2D eigenvalue weighted by molar-refractivity contribution is -0.385. The van der Waals surface area contributed by atoms with E-state index < -0.39 is 4.92 Å². The monoisotopic (exact) mass is 517 g/mol. The van der Waals surface area contributed by atoms with Crippen LogP contribution in [-0.4, -0.2) is 29.9 Å². The van der Waals surface area contributed by atoms with Gasteiger partial charge in [-0.25, -0.2) is 9.67 Å². The molecule has 0 atom stereocenters. The molecule has 0 bridgehead atoms. The lowest BCUT2D eigenvalue weighted by Gasteiger charge is -2.13. The molecule has 0 unspecified atom stereocenters. The number of nitrogens with one attached hydrogen (secondary N) is 1. The van der Waals surface area contributed by atoms with Gasteiger partial charge in [0.1, 0.15) is 11.4 Å². The van der Waals surface area contributed by atoms with Crippen molar-refractivity contribution in [3.05, 3.63) is 111 Å².